The molecule has 4 N–H and O–H groups in total. The van der Waals surface area contributed by atoms with Gasteiger partial charge in [-0.05, 0) is 50.8 Å². The second-order valence-corrected chi connectivity index (χ2v) is 8.65. The summed E-state index contributed by atoms with van der Waals surface area (Å²) < 4.78 is 42.5. The van der Waals surface area contributed by atoms with Crippen molar-refractivity contribution in [2.75, 3.05) is 6.54 Å². The molecule has 1 atom stereocenters. The predicted octanol–water partition coefficient (Wildman–Crippen LogP) is 3.31. The molecule has 2 heterocycles. The molecule has 32 heavy (non-hydrogen) atoms. The van der Waals surface area contributed by atoms with Crippen LogP contribution in [0.3, 0.4) is 0 Å². The minimum atomic E-state index is -4.68. The number of fused-ring (bicyclic) bond motifs is 1. The molecular weight excluding hydrogens is 423 g/mol. The van der Waals surface area contributed by atoms with Gasteiger partial charge in [0.2, 0.25) is 0 Å². The van der Waals surface area contributed by atoms with Crippen LogP contribution >= 0.6 is 0 Å². The number of aliphatic hydroxyl groups is 1. The second-order valence-electron chi connectivity index (χ2n) is 8.65. The number of halogens is 3. The predicted molar refractivity (Wildman–Crippen MR) is 114 cm³/mol. The highest BCUT2D eigenvalue weighted by molar-refractivity contribution is 6.06. The fourth-order valence-corrected chi connectivity index (χ4v) is 4.35. The van der Waals surface area contributed by atoms with Crippen molar-refractivity contribution in [1.29, 1.82) is 0 Å². The molecule has 1 aliphatic carbocycles. The number of aromatic nitrogens is 3. The third kappa shape index (κ3) is 4.24. The van der Waals surface area contributed by atoms with Gasteiger partial charge in [0.15, 0.2) is 5.60 Å². The lowest BCUT2D eigenvalue weighted by Gasteiger charge is -2.33. The molecule has 1 fully saturated rings. The number of benzene rings is 1. The summed E-state index contributed by atoms with van der Waals surface area (Å²) in [5.41, 5.74) is 4.89. The van der Waals surface area contributed by atoms with Crippen LogP contribution in [0.2, 0.25) is 0 Å². The lowest BCUT2D eigenvalue weighted by Crippen LogP contribution is -2.52. The Morgan fingerprint density at radius 3 is 2.56 bits per heavy atom. The summed E-state index contributed by atoms with van der Waals surface area (Å²) in [6, 6.07) is 5.64. The molecule has 0 aliphatic heterocycles. The Labute approximate surface area is 183 Å². The van der Waals surface area contributed by atoms with Gasteiger partial charge in [0.05, 0.1) is 17.4 Å². The molecule has 1 saturated carbocycles. The smallest absolute Gasteiger partial charge is 0.380 e. The second kappa shape index (κ2) is 8.25. The van der Waals surface area contributed by atoms with Crippen LogP contribution in [-0.2, 0) is 0 Å². The number of nitrogens with one attached hydrogen (secondary N) is 1. The average molecular weight is 449 g/mol. The van der Waals surface area contributed by atoms with Gasteiger partial charge in [-0.25, -0.2) is 4.98 Å². The zero-order valence-corrected chi connectivity index (χ0v) is 17.6. The first-order valence-electron chi connectivity index (χ1n) is 10.5. The van der Waals surface area contributed by atoms with E-state index in [2.05, 4.69) is 14.9 Å². The molecule has 1 amide bonds. The summed E-state index contributed by atoms with van der Waals surface area (Å²) >= 11 is 0. The topological polar surface area (TPSA) is 98.1 Å². The minimum Gasteiger partial charge on any atom is -0.380 e. The zero-order valence-electron chi connectivity index (χ0n) is 17.6. The standard InChI is InChI=1S/C22H26F3N5O2/c1-21(32,22(23,24)25)12-28-15-2-4-16(5-3-15)30-8-6-14-10-17(29-9-7-27-13-29)11-18(19(14)30)20(26)31/h6-11,13,15-16,28,32H,2-5,12H2,1H3,(H2,26,31). The third-order valence-corrected chi connectivity index (χ3v) is 6.30. The quantitative estimate of drug-likeness (QED) is 0.538. The maximum atomic E-state index is 12.9. The summed E-state index contributed by atoms with van der Waals surface area (Å²) in [6.07, 6.45) is 5.13. The number of hydrogen-bond donors (Lipinski definition) is 3. The van der Waals surface area contributed by atoms with Crippen LogP contribution in [0.4, 0.5) is 13.2 Å². The maximum absolute atomic E-state index is 12.9. The van der Waals surface area contributed by atoms with Gasteiger partial charge >= 0.3 is 6.18 Å². The van der Waals surface area contributed by atoms with Gasteiger partial charge in [0.25, 0.3) is 5.91 Å². The molecule has 3 aromatic rings. The van der Waals surface area contributed by atoms with Crippen molar-refractivity contribution in [3.05, 3.63) is 48.7 Å². The van der Waals surface area contributed by atoms with Crippen molar-refractivity contribution >= 4 is 16.8 Å². The van der Waals surface area contributed by atoms with E-state index >= 15 is 0 Å². The highest BCUT2D eigenvalue weighted by atomic mass is 19.4. The van der Waals surface area contributed by atoms with E-state index in [1.165, 1.54) is 0 Å². The van der Waals surface area contributed by atoms with E-state index in [1.54, 1.807) is 29.4 Å². The number of imidazole rings is 1. The molecule has 1 unspecified atom stereocenters. The zero-order chi connectivity index (χ0) is 23.1. The van der Waals surface area contributed by atoms with E-state index in [0.29, 0.717) is 18.4 Å². The monoisotopic (exact) mass is 449 g/mol. The summed E-state index contributed by atoms with van der Waals surface area (Å²) in [5, 5.41) is 13.4. The fourth-order valence-electron chi connectivity index (χ4n) is 4.35. The van der Waals surface area contributed by atoms with Crippen molar-refractivity contribution in [3.8, 4) is 5.69 Å². The van der Waals surface area contributed by atoms with Crippen LogP contribution in [0.1, 0.15) is 49.0 Å². The first-order chi connectivity index (χ1) is 15.1. The van der Waals surface area contributed by atoms with Crippen molar-refractivity contribution in [3.63, 3.8) is 0 Å². The number of nitrogens with zero attached hydrogens (tertiary/aromatic N) is 3. The van der Waals surface area contributed by atoms with Crippen LogP contribution in [-0.4, -0.2) is 49.5 Å². The molecule has 0 radical (unpaired) electrons. The number of hydrogen-bond acceptors (Lipinski definition) is 4. The Bertz CT molecular complexity index is 1100. The summed E-state index contributed by atoms with van der Waals surface area (Å²) in [7, 11) is 0. The number of carbonyl (C=O) groups is 1. The molecule has 0 bridgehead atoms. The Hall–Kier alpha value is -2.85. The van der Waals surface area contributed by atoms with Crippen molar-refractivity contribution < 1.29 is 23.1 Å². The van der Waals surface area contributed by atoms with Crippen molar-refractivity contribution in [1.82, 2.24) is 19.4 Å². The third-order valence-electron chi connectivity index (χ3n) is 6.30. The Kier molecular flexibility index (Phi) is 5.76. The minimum absolute atomic E-state index is 0.103. The normalized spacial score (nSPS) is 21.5. The lowest BCUT2D eigenvalue weighted by molar-refractivity contribution is -0.250. The maximum Gasteiger partial charge on any atom is 0.418 e. The van der Waals surface area contributed by atoms with Gasteiger partial charge in [0, 0.05) is 48.3 Å². The number of rotatable bonds is 6. The van der Waals surface area contributed by atoms with Gasteiger partial charge in [-0.3, -0.25) is 4.79 Å². The molecular formula is C22H26F3N5O2. The molecule has 4 rings (SSSR count). The van der Waals surface area contributed by atoms with Crippen molar-refractivity contribution in [2.45, 2.75) is 56.5 Å². The van der Waals surface area contributed by atoms with Gasteiger partial charge in [-0.1, -0.05) is 0 Å². The van der Waals surface area contributed by atoms with Gasteiger partial charge < -0.3 is 25.3 Å². The summed E-state index contributed by atoms with van der Waals surface area (Å²) in [4.78, 5) is 16.3. The SMILES string of the molecule is CC(O)(CNC1CCC(n2ccc3cc(-n4ccnc4)cc(C(N)=O)c32)CC1)C(F)(F)F. The number of carbonyl (C=O) groups excluding carboxylic acids is 1. The number of amides is 1. The van der Waals surface area contributed by atoms with Crippen LogP contribution in [0.5, 0.6) is 0 Å². The van der Waals surface area contributed by atoms with E-state index in [4.69, 9.17) is 5.73 Å². The Morgan fingerprint density at radius 2 is 1.97 bits per heavy atom. The first-order valence-corrected chi connectivity index (χ1v) is 10.5. The van der Waals surface area contributed by atoms with E-state index in [9.17, 15) is 23.1 Å². The highest BCUT2D eigenvalue weighted by Crippen LogP contribution is 2.35. The molecule has 0 saturated heterocycles. The molecule has 7 nitrogen and oxygen atoms in total. The molecule has 172 valence electrons. The van der Waals surface area contributed by atoms with Crippen LogP contribution in [0.15, 0.2) is 43.1 Å². The lowest BCUT2D eigenvalue weighted by atomic mass is 9.90. The number of primary amides is 1. The molecule has 10 heteroatoms. The Morgan fingerprint density at radius 1 is 1.25 bits per heavy atom. The van der Waals surface area contributed by atoms with Crippen LogP contribution in [0.25, 0.3) is 16.6 Å². The van der Waals surface area contributed by atoms with E-state index < -0.39 is 24.2 Å². The van der Waals surface area contributed by atoms with E-state index in [-0.39, 0.29) is 12.1 Å². The average Bonchev–Trinajstić information content (AvgIpc) is 3.41. The first kappa shape index (κ1) is 22.3. The summed E-state index contributed by atoms with van der Waals surface area (Å²) in [6.45, 7) is 0.238. The fraction of sp³-hybridized carbons (Fsp3) is 0.455. The van der Waals surface area contributed by atoms with E-state index in [1.807, 2.05) is 18.3 Å². The van der Waals surface area contributed by atoms with Gasteiger partial charge in [0.1, 0.15) is 0 Å². The molecule has 2 aromatic heterocycles. The van der Waals surface area contributed by atoms with Crippen molar-refractivity contribution in [2.24, 2.45) is 5.73 Å². The molecule has 0 spiro atoms. The van der Waals surface area contributed by atoms with Crippen LogP contribution in [0, 0.1) is 0 Å². The molecule has 1 aromatic carbocycles. The molecule has 1 aliphatic rings. The number of alkyl halides is 3. The van der Waals surface area contributed by atoms with Gasteiger partial charge in [-0.2, -0.15) is 13.2 Å². The van der Waals surface area contributed by atoms with Gasteiger partial charge in [-0.15, -0.1) is 0 Å². The largest absolute Gasteiger partial charge is 0.418 e. The number of nitrogens with two attached hydrogens (primary N) is 1. The van der Waals surface area contributed by atoms with Crippen LogP contribution < -0.4 is 11.1 Å². The Balaban J connectivity index is 1.51. The summed E-state index contributed by atoms with van der Waals surface area (Å²) in [5.74, 6) is -0.526. The highest BCUT2D eigenvalue weighted by Gasteiger charge is 2.49. The van der Waals surface area contributed by atoms with E-state index in [0.717, 1.165) is 36.4 Å².